The maximum atomic E-state index is 12.4. The molecule has 1 aromatic carbocycles. The minimum Gasteiger partial charge on any atom is -0.354 e. The molecule has 0 bridgehead atoms. The van der Waals surface area contributed by atoms with E-state index in [0.29, 0.717) is 16.3 Å². The lowest BCUT2D eigenvalue weighted by atomic mass is 10.1. The van der Waals surface area contributed by atoms with Crippen molar-refractivity contribution in [1.29, 1.82) is 0 Å². The summed E-state index contributed by atoms with van der Waals surface area (Å²) in [4.78, 5) is 37.9. The van der Waals surface area contributed by atoms with Gasteiger partial charge in [-0.15, -0.1) is 0 Å². The zero-order valence-corrected chi connectivity index (χ0v) is 16.6. The van der Waals surface area contributed by atoms with Crippen LogP contribution < -0.4 is 5.32 Å². The van der Waals surface area contributed by atoms with Crippen LogP contribution in [0.2, 0.25) is 5.02 Å². The number of thioether (sulfide) groups is 1. The molecule has 3 rings (SSSR count). The summed E-state index contributed by atoms with van der Waals surface area (Å²) in [6.07, 6.45) is 1.92. The molecule has 0 radical (unpaired) electrons. The van der Waals surface area contributed by atoms with Crippen molar-refractivity contribution in [3.05, 3.63) is 39.8 Å². The average molecular weight is 429 g/mol. The third kappa shape index (κ3) is 4.91. The summed E-state index contributed by atoms with van der Waals surface area (Å²) in [5, 5.41) is 2.78. The van der Waals surface area contributed by atoms with E-state index in [0.717, 1.165) is 22.2 Å². The number of nitrogens with one attached hydrogen (secondary N) is 1. The second-order valence-corrected chi connectivity index (χ2v) is 9.93. The van der Waals surface area contributed by atoms with E-state index in [1.807, 2.05) is 0 Å². The lowest BCUT2D eigenvalue weighted by Gasteiger charge is -2.14. The molecule has 1 atom stereocenters. The van der Waals surface area contributed by atoms with Crippen LogP contribution in [-0.4, -0.2) is 55.0 Å². The number of benzene rings is 1. The number of carbonyl (C=O) groups is 3. The summed E-state index contributed by atoms with van der Waals surface area (Å²) in [6, 6.07) is 6.87. The summed E-state index contributed by atoms with van der Waals surface area (Å²) in [6.45, 7) is 0.121. The number of carbonyl (C=O) groups excluding carboxylic acids is 3. The van der Waals surface area contributed by atoms with Gasteiger partial charge >= 0.3 is 0 Å². The predicted octanol–water partition coefficient (Wildman–Crippen LogP) is 1.93. The lowest BCUT2D eigenvalue weighted by Crippen LogP contribution is -2.39. The second kappa shape index (κ2) is 8.04. The molecule has 144 valence electrons. The summed E-state index contributed by atoms with van der Waals surface area (Å²) in [5.74, 6) is -1.47. The SMILES string of the molecule is O=C(NCCN1C(=O)S/C(=C\c2ccc(Cl)cc2)C1=O)C1CCS(=O)(=O)C1. The summed E-state index contributed by atoms with van der Waals surface area (Å²) < 4.78 is 22.9. The number of hydrogen-bond donors (Lipinski definition) is 1. The molecule has 0 saturated carbocycles. The second-order valence-electron chi connectivity index (χ2n) is 6.28. The Balaban J connectivity index is 1.55. The lowest BCUT2D eigenvalue weighted by molar-refractivity contribution is -0.125. The van der Waals surface area contributed by atoms with Crippen molar-refractivity contribution >= 4 is 56.3 Å². The monoisotopic (exact) mass is 428 g/mol. The first-order valence-corrected chi connectivity index (χ1v) is 11.3. The van der Waals surface area contributed by atoms with E-state index in [9.17, 15) is 22.8 Å². The highest BCUT2D eigenvalue weighted by Crippen LogP contribution is 2.32. The first-order valence-electron chi connectivity index (χ1n) is 8.24. The first kappa shape index (κ1) is 19.9. The van der Waals surface area contributed by atoms with Crippen LogP contribution in [0.5, 0.6) is 0 Å². The first-order chi connectivity index (χ1) is 12.7. The van der Waals surface area contributed by atoms with Crippen LogP contribution in [0.3, 0.4) is 0 Å². The third-order valence-electron chi connectivity index (χ3n) is 4.28. The molecule has 1 aromatic rings. The summed E-state index contributed by atoms with van der Waals surface area (Å²) >= 11 is 6.66. The van der Waals surface area contributed by atoms with Gasteiger partial charge in [-0.3, -0.25) is 19.3 Å². The molecule has 3 amide bonds. The number of imide groups is 1. The van der Waals surface area contributed by atoms with E-state index in [-0.39, 0.29) is 30.5 Å². The molecule has 2 heterocycles. The molecule has 1 N–H and O–H groups in total. The molecular formula is C17H17ClN2O5S2. The van der Waals surface area contributed by atoms with Gasteiger partial charge in [0.15, 0.2) is 9.84 Å². The molecule has 2 aliphatic heterocycles. The minimum atomic E-state index is -3.14. The molecule has 0 aliphatic carbocycles. The Hall–Kier alpha value is -1.84. The average Bonchev–Trinajstić information content (AvgIpc) is 3.10. The van der Waals surface area contributed by atoms with Gasteiger partial charge < -0.3 is 5.32 Å². The van der Waals surface area contributed by atoms with Crippen molar-refractivity contribution in [3.8, 4) is 0 Å². The molecule has 0 aromatic heterocycles. The predicted molar refractivity (Wildman–Crippen MR) is 104 cm³/mol. The smallest absolute Gasteiger partial charge is 0.293 e. The zero-order valence-electron chi connectivity index (χ0n) is 14.2. The fraction of sp³-hybridized carbons (Fsp3) is 0.353. The number of nitrogens with zero attached hydrogens (tertiary/aromatic N) is 1. The van der Waals surface area contributed by atoms with Gasteiger partial charge in [0, 0.05) is 18.1 Å². The van der Waals surface area contributed by atoms with Crippen molar-refractivity contribution in [1.82, 2.24) is 10.2 Å². The summed E-state index contributed by atoms with van der Waals surface area (Å²) in [5.41, 5.74) is 0.751. The normalized spacial score (nSPS) is 23.2. The Bertz CT molecular complexity index is 912. The molecule has 10 heteroatoms. The van der Waals surface area contributed by atoms with E-state index in [2.05, 4.69) is 5.32 Å². The Kier molecular flexibility index (Phi) is 5.92. The molecule has 2 saturated heterocycles. The highest BCUT2D eigenvalue weighted by atomic mass is 35.5. The Morgan fingerprint density at radius 3 is 2.63 bits per heavy atom. The molecule has 0 spiro atoms. The number of halogens is 1. The van der Waals surface area contributed by atoms with Gasteiger partial charge in [0.05, 0.1) is 22.3 Å². The number of sulfone groups is 1. The van der Waals surface area contributed by atoms with Gasteiger partial charge in [0.1, 0.15) is 0 Å². The Morgan fingerprint density at radius 2 is 2.00 bits per heavy atom. The van der Waals surface area contributed by atoms with E-state index < -0.39 is 26.9 Å². The van der Waals surface area contributed by atoms with Crippen LogP contribution in [0, 0.1) is 5.92 Å². The summed E-state index contributed by atoms with van der Waals surface area (Å²) in [7, 11) is -3.14. The van der Waals surface area contributed by atoms with E-state index >= 15 is 0 Å². The van der Waals surface area contributed by atoms with Crippen LogP contribution in [-0.2, 0) is 19.4 Å². The van der Waals surface area contributed by atoms with Crippen LogP contribution in [0.4, 0.5) is 4.79 Å². The molecule has 2 fully saturated rings. The number of amides is 3. The Morgan fingerprint density at radius 1 is 1.30 bits per heavy atom. The van der Waals surface area contributed by atoms with Crippen molar-refractivity contribution < 1.29 is 22.8 Å². The fourth-order valence-corrected chi connectivity index (χ4v) is 5.57. The topological polar surface area (TPSA) is 101 Å². The van der Waals surface area contributed by atoms with Crippen molar-refractivity contribution in [2.45, 2.75) is 6.42 Å². The molecule has 7 nitrogen and oxygen atoms in total. The molecule has 2 aliphatic rings. The number of rotatable bonds is 5. The van der Waals surface area contributed by atoms with Crippen LogP contribution in [0.1, 0.15) is 12.0 Å². The van der Waals surface area contributed by atoms with Crippen LogP contribution in [0.15, 0.2) is 29.2 Å². The van der Waals surface area contributed by atoms with Crippen molar-refractivity contribution in [3.63, 3.8) is 0 Å². The minimum absolute atomic E-state index is 0.0175. The van der Waals surface area contributed by atoms with Gasteiger partial charge in [-0.05, 0) is 42.0 Å². The fourth-order valence-electron chi connectivity index (χ4n) is 2.84. The van der Waals surface area contributed by atoms with Gasteiger partial charge in [-0.2, -0.15) is 0 Å². The van der Waals surface area contributed by atoms with E-state index in [4.69, 9.17) is 11.6 Å². The van der Waals surface area contributed by atoms with Gasteiger partial charge in [0.25, 0.3) is 11.1 Å². The van der Waals surface area contributed by atoms with Crippen molar-refractivity contribution in [2.75, 3.05) is 24.6 Å². The van der Waals surface area contributed by atoms with Gasteiger partial charge in [-0.25, -0.2) is 8.42 Å². The third-order valence-corrected chi connectivity index (χ3v) is 7.21. The van der Waals surface area contributed by atoms with Crippen molar-refractivity contribution in [2.24, 2.45) is 5.92 Å². The molecule has 27 heavy (non-hydrogen) atoms. The number of hydrogen-bond acceptors (Lipinski definition) is 6. The standard InChI is InChI=1S/C17H17ClN2O5S2/c18-13-3-1-11(2-4-13)9-14-16(22)20(17(23)26-14)7-6-19-15(21)12-5-8-27(24,25)10-12/h1-4,9,12H,5-8,10H2,(H,19,21)/b14-9-. The highest BCUT2D eigenvalue weighted by Gasteiger charge is 2.36. The molecular weight excluding hydrogens is 412 g/mol. The maximum Gasteiger partial charge on any atom is 0.293 e. The van der Waals surface area contributed by atoms with Gasteiger partial charge in [0.2, 0.25) is 5.91 Å². The molecule has 1 unspecified atom stereocenters. The maximum absolute atomic E-state index is 12.4. The highest BCUT2D eigenvalue weighted by molar-refractivity contribution is 8.18. The van der Waals surface area contributed by atoms with Gasteiger partial charge in [-0.1, -0.05) is 23.7 Å². The Labute approximate surface area is 166 Å². The van der Waals surface area contributed by atoms with E-state index in [1.165, 1.54) is 0 Å². The zero-order chi connectivity index (χ0) is 19.6. The van der Waals surface area contributed by atoms with Crippen LogP contribution >= 0.6 is 23.4 Å². The van der Waals surface area contributed by atoms with E-state index in [1.54, 1.807) is 30.3 Å². The quantitative estimate of drug-likeness (QED) is 0.719. The largest absolute Gasteiger partial charge is 0.354 e. The van der Waals surface area contributed by atoms with Crippen LogP contribution in [0.25, 0.3) is 6.08 Å².